The SMILES string of the molecule is CC(C)(C)C(=O)Cc1snc2ccccc12. The van der Waals surface area contributed by atoms with Crippen molar-refractivity contribution in [2.24, 2.45) is 5.41 Å². The van der Waals surface area contributed by atoms with E-state index in [1.165, 1.54) is 11.5 Å². The van der Waals surface area contributed by atoms with Gasteiger partial charge < -0.3 is 0 Å². The smallest absolute Gasteiger partial charge is 0.143 e. The van der Waals surface area contributed by atoms with E-state index in [9.17, 15) is 4.79 Å². The number of Topliss-reactive ketones (excluding diaryl/α,β-unsaturated/α-hetero) is 1. The zero-order chi connectivity index (χ0) is 11.8. The highest BCUT2D eigenvalue weighted by atomic mass is 32.1. The van der Waals surface area contributed by atoms with E-state index in [2.05, 4.69) is 4.37 Å². The van der Waals surface area contributed by atoms with Crippen LogP contribution in [0.4, 0.5) is 0 Å². The predicted octanol–water partition coefficient (Wildman–Crippen LogP) is 3.45. The van der Waals surface area contributed by atoms with E-state index in [-0.39, 0.29) is 11.2 Å². The molecule has 0 amide bonds. The Bertz CT molecular complexity index is 522. The summed E-state index contributed by atoms with van der Waals surface area (Å²) < 4.78 is 4.34. The normalized spacial score (nSPS) is 11.9. The molecule has 0 saturated heterocycles. The van der Waals surface area contributed by atoms with Gasteiger partial charge in [0.05, 0.1) is 5.52 Å². The first-order valence-corrected chi connectivity index (χ1v) is 6.12. The maximum absolute atomic E-state index is 12.0. The Labute approximate surface area is 99.5 Å². The standard InChI is InChI=1S/C13H15NOS/c1-13(2,3)12(15)8-11-9-6-4-5-7-10(9)14-16-11/h4-7H,8H2,1-3H3. The second-order valence-corrected chi connectivity index (χ2v) is 5.83. The molecule has 0 aliphatic carbocycles. The zero-order valence-corrected chi connectivity index (χ0v) is 10.6. The summed E-state index contributed by atoms with van der Waals surface area (Å²) in [5.41, 5.74) is 0.717. The lowest BCUT2D eigenvalue weighted by molar-refractivity contribution is -0.125. The quantitative estimate of drug-likeness (QED) is 0.795. The van der Waals surface area contributed by atoms with E-state index in [4.69, 9.17) is 0 Å². The number of benzene rings is 1. The highest BCUT2D eigenvalue weighted by molar-refractivity contribution is 7.07. The molecule has 0 bridgehead atoms. The molecule has 16 heavy (non-hydrogen) atoms. The third-order valence-corrected chi connectivity index (χ3v) is 3.49. The molecule has 0 N–H and O–H groups in total. The highest BCUT2D eigenvalue weighted by Crippen LogP contribution is 2.25. The van der Waals surface area contributed by atoms with Crippen LogP contribution in [-0.4, -0.2) is 10.2 Å². The van der Waals surface area contributed by atoms with Crippen LogP contribution in [0.3, 0.4) is 0 Å². The minimum Gasteiger partial charge on any atom is -0.299 e. The minimum atomic E-state index is -0.273. The minimum absolute atomic E-state index is 0.266. The fraction of sp³-hybridized carbons (Fsp3) is 0.385. The summed E-state index contributed by atoms with van der Waals surface area (Å²) in [7, 11) is 0. The number of hydrogen-bond acceptors (Lipinski definition) is 3. The molecular weight excluding hydrogens is 218 g/mol. The van der Waals surface area contributed by atoms with E-state index < -0.39 is 0 Å². The molecule has 3 heteroatoms. The van der Waals surface area contributed by atoms with Gasteiger partial charge in [-0.3, -0.25) is 4.79 Å². The fourth-order valence-electron chi connectivity index (χ4n) is 1.48. The van der Waals surface area contributed by atoms with Crippen molar-refractivity contribution in [3.63, 3.8) is 0 Å². The Kier molecular flexibility index (Phi) is 2.80. The van der Waals surface area contributed by atoms with E-state index in [1.807, 2.05) is 45.0 Å². The van der Waals surface area contributed by atoms with Gasteiger partial charge in [-0.05, 0) is 17.6 Å². The summed E-state index contributed by atoms with van der Waals surface area (Å²) >= 11 is 1.44. The van der Waals surface area contributed by atoms with Crippen molar-refractivity contribution in [1.82, 2.24) is 4.37 Å². The van der Waals surface area contributed by atoms with Crippen LogP contribution in [0, 0.1) is 5.41 Å². The molecule has 0 spiro atoms. The number of ketones is 1. The molecule has 2 rings (SSSR count). The maximum atomic E-state index is 12.0. The fourth-order valence-corrected chi connectivity index (χ4v) is 2.32. The molecule has 1 heterocycles. The Morgan fingerprint density at radius 2 is 2.00 bits per heavy atom. The summed E-state index contributed by atoms with van der Waals surface area (Å²) in [6, 6.07) is 7.97. The molecule has 1 aromatic carbocycles. The van der Waals surface area contributed by atoms with Gasteiger partial charge in [0, 0.05) is 22.1 Å². The number of rotatable bonds is 2. The second-order valence-electron chi connectivity index (χ2n) is 4.97. The van der Waals surface area contributed by atoms with Crippen LogP contribution in [-0.2, 0) is 11.2 Å². The zero-order valence-electron chi connectivity index (χ0n) is 9.78. The summed E-state index contributed by atoms with van der Waals surface area (Å²) in [6.07, 6.45) is 0.495. The maximum Gasteiger partial charge on any atom is 0.143 e. The van der Waals surface area contributed by atoms with E-state index >= 15 is 0 Å². The van der Waals surface area contributed by atoms with Crippen molar-refractivity contribution in [1.29, 1.82) is 0 Å². The van der Waals surface area contributed by atoms with Crippen LogP contribution < -0.4 is 0 Å². The second kappa shape index (κ2) is 3.98. The largest absolute Gasteiger partial charge is 0.299 e. The summed E-state index contributed by atoms with van der Waals surface area (Å²) in [5.74, 6) is 0.266. The van der Waals surface area contributed by atoms with Gasteiger partial charge in [0.2, 0.25) is 0 Å². The van der Waals surface area contributed by atoms with Gasteiger partial charge in [-0.25, -0.2) is 0 Å². The topological polar surface area (TPSA) is 30.0 Å². The first-order valence-electron chi connectivity index (χ1n) is 5.35. The van der Waals surface area contributed by atoms with Crippen LogP contribution in [0.5, 0.6) is 0 Å². The van der Waals surface area contributed by atoms with Crippen LogP contribution >= 0.6 is 11.5 Å². The van der Waals surface area contributed by atoms with Gasteiger partial charge in [-0.2, -0.15) is 4.37 Å². The average Bonchev–Trinajstić information content (AvgIpc) is 2.61. The Hall–Kier alpha value is -1.22. The van der Waals surface area contributed by atoms with Gasteiger partial charge in [0.15, 0.2) is 0 Å². The van der Waals surface area contributed by atoms with Gasteiger partial charge in [-0.15, -0.1) is 0 Å². The molecule has 0 saturated carbocycles. The highest BCUT2D eigenvalue weighted by Gasteiger charge is 2.22. The van der Waals surface area contributed by atoms with Crippen LogP contribution in [0.15, 0.2) is 24.3 Å². The number of hydrogen-bond donors (Lipinski definition) is 0. The van der Waals surface area contributed by atoms with Crippen LogP contribution in [0.2, 0.25) is 0 Å². The summed E-state index contributed by atoms with van der Waals surface area (Å²) in [6.45, 7) is 5.87. The van der Waals surface area contributed by atoms with Crippen LogP contribution in [0.1, 0.15) is 25.6 Å². The molecule has 0 fully saturated rings. The predicted molar refractivity (Wildman–Crippen MR) is 67.8 cm³/mol. The molecule has 0 atom stereocenters. The Balaban J connectivity index is 2.32. The van der Waals surface area contributed by atoms with Crippen molar-refractivity contribution in [3.8, 4) is 0 Å². The number of nitrogens with zero attached hydrogens (tertiary/aromatic N) is 1. The average molecular weight is 233 g/mol. The number of fused-ring (bicyclic) bond motifs is 1. The monoisotopic (exact) mass is 233 g/mol. The van der Waals surface area contributed by atoms with Gasteiger partial charge in [0.1, 0.15) is 5.78 Å². The molecule has 2 nitrogen and oxygen atoms in total. The first kappa shape index (κ1) is 11.3. The van der Waals surface area contributed by atoms with Crippen LogP contribution in [0.25, 0.3) is 10.9 Å². The lowest BCUT2D eigenvalue weighted by Crippen LogP contribution is -2.21. The number of carbonyl (C=O) groups excluding carboxylic acids is 1. The van der Waals surface area contributed by atoms with E-state index in [0.717, 1.165) is 15.8 Å². The molecule has 1 aromatic heterocycles. The Morgan fingerprint density at radius 3 is 2.69 bits per heavy atom. The Morgan fingerprint density at radius 1 is 1.31 bits per heavy atom. The van der Waals surface area contributed by atoms with Crippen molar-refractivity contribution >= 4 is 28.2 Å². The summed E-state index contributed by atoms with van der Waals surface area (Å²) in [4.78, 5) is 13.0. The van der Waals surface area contributed by atoms with Gasteiger partial charge in [0.25, 0.3) is 0 Å². The van der Waals surface area contributed by atoms with Crippen molar-refractivity contribution in [2.75, 3.05) is 0 Å². The van der Waals surface area contributed by atoms with E-state index in [0.29, 0.717) is 6.42 Å². The third-order valence-electron chi connectivity index (χ3n) is 2.62. The number of carbonyl (C=O) groups is 1. The molecule has 0 radical (unpaired) electrons. The molecule has 2 aromatic rings. The van der Waals surface area contributed by atoms with Crippen molar-refractivity contribution < 1.29 is 4.79 Å². The molecule has 84 valence electrons. The molecule has 0 aliphatic rings. The molecule has 0 aliphatic heterocycles. The molecule has 0 unspecified atom stereocenters. The van der Waals surface area contributed by atoms with Gasteiger partial charge >= 0.3 is 0 Å². The molecular formula is C13H15NOS. The van der Waals surface area contributed by atoms with Crippen molar-refractivity contribution in [2.45, 2.75) is 27.2 Å². The number of aromatic nitrogens is 1. The van der Waals surface area contributed by atoms with E-state index in [1.54, 1.807) is 0 Å². The lowest BCUT2D eigenvalue weighted by Gasteiger charge is -2.15. The third kappa shape index (κ3) is 2.14. The van der Waals surface area contributed by atoms with Gasteiger partial charge in [-0.1, -0.05) is 39.0 Å². The summed E-state index contributed by atoms with van der Waals surface area (Å²) in [5, 5.41) is 1.12. The first-order chi connectivity index (χ1) is 7.48. The lowest BCUT2D eigenvalue weighted by atomic mass is 9.88. The van der Waals surface area contributed by atoms with Crippen molar-refractivity contribution in [3.05, 3.63) is 29.1 Å².